The van der Waals surface area contributed by atoms with Gasteiger partial charge in [-0.2, -0.15) is 0 Å². The van der Waals surface area contributed by atoms with Gasteiger partial charge in [-0.05, 0) is 38.5 Å². The summed E-state index contributed by atoms with van der Waals surface area (Å²) in [6.07, 6.45) is 8.82. The molecule has 0 aromatic carbocycles. The van der Waals surface area contributed by atoms with Gasteiger partial charge in [0.1, 0.15) is 0 Å². The fourth-order valence-corrected chi connectivity index (χ4v) is 1.64. The van der Waals surface area contributed by atoms with Gasteiger partial charge in [-0.25, -0.2) is 0 Å². The van der Waals surface area contributed by atoms with E-state index in [4.69, 9.17) is 5.73 Å². The van der Waals surface area contributed by atoms with Crippen LogP contribution in [0.5, 0.6) is 0 Å². The largest absolute Gasteiger partial charge is 0.328 e. The summed E-state index contributed by atoms with van der Waals surface area (Å²) in [4.78, 5) is 0. The van der Waals surface area contributed by atoms with Crippen molar-refractivity contribution < 1.29 is 0 Å². The van der Waals surface area contributed by atoms with Gasteiger partial charge >= 0.3 is 0 Å². The van der Waals surface area contributed by atoms with Crippen molar-refractivity contribution in [2.75, 3.05) is 0 Å². The Hall–Kier alpha value is -0.560. The maximum atomic E-state index is 5.80. The second kappa shape index (κ2) is 7.81. The lowest BCUT2D eigenvalue weighted by molar-refractivity contribution is 0.619. The molecule has 0 heterocycles. The first-order chi connectivity index (χ1) is 6.63. The molecule has 0 aliphatic carbocycles. The van der Waals surface area contributed by atoms with Crippen LogP contribution < -0.4 is 5.73 Å². The molecule has 0 spiro atoms. The maximum absolute atomic E-state index is 5.80. The molecule has 2 N–H and O–H groups in total. The molecule has 1 nitrogen and oxygen atoms in total. The molecule has 82 valence electrons. The highest BCUT2D eigenvalue weighted by Gasteiger charge is 2.04. The summed E-state index contributed by atoms with van der Waals surface area (Å²) in [6.45, 7) is 10.3. The Balaban J connectivity index is 4.29. The Morgan fingerprint density at radius 2 is 2.07 bits per heavy atom. The van der Waals surface area contributed by atoms with E-state index in [1.54, 1.807) is 0 Å². The molecule has 0 aliphatic heterocycles. The van der Waals surface area contributed by atoms with E-state index < -0.39 is 0 Å². The van der Waals surface area contributed by atoms with Gasteiger partial charge in [0.15, 0.2) is 0 Å². The summed E-state index contributed by atoms with van der Waals surface area (Å²) in [5, 5.41) is 0. The first-order valence-electron chi connectivity index (χ1n) is 5.70. The topological polar surface area (TPSA) is 26.0 Å². The van der Waals surface area contributed by atoms with Crippen LogP contribution in [-0.2, 0) is 0 Å². The second-order valence-electron chi connectivity index (χ2n) is 4.05. The zero-order chi connectivity index (χ0) is 11.0. The smallest absolute Gasteiger partial charge is 0.00476 e. The maximum Gasteiger partial charge on any atom is 0.00476 e. The van der Waals surface area contributed by atoms with Crippen LogP contribution in [-0.4, -0.2) is 6.04 Å². The Morgan fingerprint density at radius 1 is 1.43 bits per heavy atom. The van der Waals surface area contributed by atoms with Crippen molar-refractivity contribution in [1.29, 1.82) is 0 Å². The van der Waals surface area contributed by atoms with E-state index in [0.717, 1.165) is 19.3 Å². The summed E-state index contributed by atoms with van der Waals surface area (Å²) in [5.41, 5.74) is 7.29. The lowest BCUT2D eigenvalue weighted by Crippen LogP contribution is -2.15. The average Bonchev–Trinajstić information content (AvgIpc) is 2.15. The van der Waals surface area contributed by atoms with E-state index >= 15 is 0 Å². The molecule has 0 aromatic heterocycles. The molecule has 2 atom stereocenters. The Bertz CT molecular complexity index is 180. The first kappa shape index (κ1) is 13.4. The van der Waals surface area contributed by atoms with Crippen LogP contribution in [0.25, 0.3) is 0 Å². The van der Waals surface area contributed by atoms with E-state index in [9.17, 15) is 0 Å². The molecule has 0 aliphatic rings. The van der Waals surface area contributed by atoms with Crippen molar-refractivity contribution in [2.45, 2.75) is 52.5 Å². The molecule has 2 unspecified atom stereocenters. The fourth-order valence-electron chi connectivity index (χ4n) is 1.64. The van der Waals surface area contributed by atoms with Gasteiger partial charge in [-0.1, -0.05) is 31.6 Å². The molecule has 0 saturated heterocycles. The van der Waals surface area contributed by atoms with Crippen molar-refractivity contribution in [3.63, 3.8) is 0 Å². The zero-order valence-electron chi connectivity index (χ0n) is 9.92. The molecule has 14 heavy (non-hydrogen) atoms. The van der Waals surface area contributed by atoms with E-state index in [-0.39, 0.29) is 6.04 Å². The molecular formula is C13H25N. The highest BCUT2D eigenvalue weighted by molar-refractivity contribution is 5.06. The van der Waals surface area contributed by atoms with Crippen molar-refractivity contribution in [2.24, 2.45) is 11.7 Å². The normalized spacial score (nSPS) is 16.4. The summed E-state index contributed by atoms with van der Waals surface area (Å²) < 4.78 is 0. The van der Waals surface area contributed by atoms with Gasteiger partial charge in [0.05, 0.1) is 0 Å². The molecule has 0 bridgehead atoms. The SMILES string of the molecule is C=CCC(/C=C(\CC)CC(C)N)CC. The Kier molecular flexibility index (Phi) is 7.50. The predicted molar refractivity (Wildman–Crippen MR) is 65.2 cm³/mol. The van der Waals surface area contributed by atoms with E-state index in [0.29, 0.717) is 5.92 Å². The van der Waals surface area contributed by atoms with Gasteiger partial charge in [-0.3, -0.25) is 0 Å². The molecule has 0 aromatic rings. The molecule has 0 saturated carbocycles. The third-order valence-electron chi connectivity index (χ3n) is 2.50. The van der Waals surface area contributed by atoms with Crippen molar-refractivity contribution in [3.8, 4) is 0 Å². The Morgan fingerprint density at radius 3 is 2.43 bits per heavy atom. The summed E-state index contributed by atoms with van der Waals surface area (Å²) >= 11 is 0. The van der Waals surface area contributed by atoms with E-state index in [1.165, 1.54) is 12.0 Å². The molecule has 0 fully saturated rings. The minimum atomic E-state index is 0.280. The Labute approximate surface area is 89.1 Å². The molecular weight excluding hydrogens is 170 g/mol. The quantitative estimate of drug-likeness (QED) is 0.616. The van der Waals surface area contributed by atoms with Gasteiger partial charge in [-0.15, -0.1) is 6.58 Å². The van der Waals surface area contributed by atoms with Gasteiger partial charge in [0.25, 0.3) is 0 Å². The predicted octanol–water partition coefficient (Wildman–Crippen LogP) is 3.66. The zero-order valence-corrected chi connectivity index (χ0v) is 9.92. The van der Waals surface area contributed by atoms with Gasteiger partial charge in [0.2, 0.25) is 0 Å². The van der Waals surface area contributed by atoms with Crippen molar-refractivity contribution in [3.05, 3.63) is 24.3 Å². The lowest BCUT2D eigenvalue weighted by atomic mass is 9.95. The highest BCUT2D eigenvalue weighted by atomic mass is 14.6. The number of hydrogen-bond acceptors (Lipinski definition) is 1. The fraction of sp³-hybridized carbons (Fsp3) is 0.692. The molecule has 1 heteroatoms. The monoisotopic (exact) mass is 195 g/mol. The summed E-state index contributed by atoms with van der Waals surface area (Å²) in [5.74, 6) is 0.654. The highest BCUT2D eigenvalue weighted by Crippen LogP contribution is 2.17. The third kappa shape index (κ3) is 5.98. The molecule has 0 amide bonds. The van der Waals surface area contributed by atoms with E-state index in [1.807, 2.05) is 6.08 Å². The van der Waals surface area contributed by atoms with Crippen molar-refractivity contribution >= 4 is 0 Å². The van der Waals surface area contributed by atoms with Crippen molar-refractivity contribution in [1.82, 2.24) is 0 Å². The number of allylic oxidation sites excluding steroid dienone is 2. The van der Waals surface area contributed by atoms with Gasteiger partial charge in [0, 0.05) is 6.04 Å². The lowest BCUT2D eigenvalue weighted by Gasteiger charge is -2.13. The average molecular weight is 195 g/mol. The number of hydrogen-bond donors (Lipinski definition) is 1. The van der Waals surface area contributed by atoms with Crippen LogP contribution >= 0.6 is 0 Å². The summed E-state index contributed by atoms with van der Waals surface area (Å²) in [7, 11) is 0. The van der Waals surface area contributed by atoms with E-state index in [2.05, 4.69) is 33.4 Å². The molecule has 0 rings (SSSR count). The van der Waals surface area contributed by atoms with Crippen LogP contribution in [0.3, 0.4) is 0 Å². The first-order valence-corrected chi connectivity index (χ1v) is 5.70. The number of rotatable bonds is 7. The third-order valence-corrected chi connectivity index (χ3v) is 2.50. The van der Waals surface area contributed by atoms with Crippen LogP contribution in [0.2, 0.25) is 0 Å². The standard InChI is InChI=1S/C13H25N/c1-5-8-12(6-2)10-13(7-3)9-11(4)14/h5,10-12H,1,6-9,14H2,2-4H3/b13-10+. The molecule has 0 radical (unpaired) electrons. The minimum absolute atomic E-state index is 0.280. The van der Waals surface area contributed by atoms with Crippen LogP contribution in [0, 0.1) is 5.92 Å². The minimum Gasteiger partial charge on any atom is -0.328 e. The van der Waals surface area contributed by atoms with Crippen LogP contribution in [0.1, 0.15) is 46.5 Å². The summed E-state index contributed by atoms with van der Waals surface area (Å²) in [6, 6.07) is 0.280. The second-order valence-corrected chi connectivity index (χ2v) is 4.05. The number of nitrogens with two attached hydrogens (primary N) is 1. The van der Waals surface area contributed by atoms with Crippen LogP contribution in [0.15, 0.2) is 24.3 Å². The van der Waals surface area contributed by atoms with Crippen LogP contribution in [0.4, 0.5) is 0 Å². The van der Waals surface area contributed by atoms with Gasteiger partial charge < -0.3 is 5.73 Å².